The first-order chi connectivity index (χ1) is 9.80. The molecule has 1 amide bonds. The van der Waals surface area contributed by atoms with Crippen LogP contribution in [0, 0.1) is 11.8 Å². The Morgan fingerprint density at radius 3 is 2.62 bits per heavy atom. The monoisotopic (exact) mass is 320 g/mol. The maximum absolute atomic E-state index is 12.3. The predicted molar refractivity (Wildman–Crippen MR) is 82.2 cm³/mol. The first-order valence-electron chi connectivity index (χ1n) is 7.69. The van der Waals surface area contributed by atoms with Gasteiger partial charge in [0.1, 0.15) is 0 Å². The molecule has 1 aliphatic heterocycles. The number of hydrogen-bond acceptors (Lipinski definition) is 4. The van der Waals surface area contributed by atoms with E-state index in [1.807, 2.05) is 13.8 Å². The highest BCUT2D eigenvalue weighted by Gasteiger charge is 2.32. The summed E-state index contributed by atoms with van der Waals surface area (Å²) in [6, 6.07) is -0.254. The molecule has 2 atom stereocenters. The fourth-order valence-corrected chi connectivity index (χ4v) is 3.84. The molecule has 0 aromatic rings. The lowest BCUT2D eigenvalue weighted by Gasteiger charge is -2.32. The molecule has 0 aliphatic carbocycles. The van der Waals surface area contributed by atoms with Crippen LogP contribution in [0.5, 0.6) is 0 Å². The van der Waals surface area contributed by atoms with Crippen molar-refractivity contribution in [3.8, 4) is 0 Å². The van der Waals surface area contributed by atoms with Gasteiger partial charge < -0.3 is 10.4 Å². The molecule has 124 valence electrons. The van der Waals surface area contributed by atoms with Crippen molar-refractivity contribution in [2.45, 2.75) is 46.1 Å². The Kier molecular flexibility index (Phi) is 7.09. The normalized spacial score (nSPS) is 22.2. The van der Waals surface area contributed by atoms with Crippen LogP contribution in [0.1, 0.15) is 40.0 Å². The first kappa shape index (κ1) is 18.4. The van der Waals surface area contributed by atoms with Crippen molar-refractivity contribution in [3.63, 3.8) is 0 Å². The van der Waals surface area contributed by atoms with Gasteiger partial charge in [-0.15, -0.1) is 0 Å². The van der Waals surface area contributed by atoms with Crippen LogP contribution in [0.2, 0.25) is 0 Å². The molecular weight excluding hydrogens is 292 g/mol. The summed E-state index contributed by atoms with van der Waals surface area (Å²) in [6.07, 6.45) is 2.11. The summed E-state index contributed by atoms with van der Waals surface area (Å²) in [5, 5.41) is 12.2. The molecule has 1 rings (SSSR count). The zero-order valence-electron chi connectivity index (χ0n) is 13.2. The van der Waals surface area contributed by atoms with Gasteiger partial charge in [0.05, 0.1) is 24.3 Å². The minimum Gasteiger partial charge on any atom is -0.394 e. The van der Waals surface area contributed by atoms with Gasteiger partial charge in [0.15, 0.2) is 0 Å². The van der Waals surface area contributed by atoms with Gasteiger partial charge in [-0.05, 0) is 32.1 Å². The van der Waals surface area contributed by atoms with Gasteiger partial charge in [-0.25, -0.2) is 12.7 Å². The molecule has 21 heavy (non-hydrogen) atoms. The Morgan fingerprint density at radius 2 is 2.10 bits per heavy atom. The van der Waals surface area contributed by atoms with Gasteiger partial charge in [0, 0.05) is 13.1 Å². The number of nitrogens with one attached hydrogen (secondary N) is 1. The zero-order chi connectivity index (χ0) is 16.0. The van der Waals surface area contributed by atoms with Crippen LogP contribution in [0.4, 0.5) is 0 Å². The number of aliphatic hydroxyl groups is 1. The number of piperidine rings is 1. The summed E-state index contributed by atoms with van der Waals surface area (Å²) in [4.78, 5) is 12.3. The minimum atomic E-state index is -3.24. The SMILES string of the molecule is CCS(=O)(=O)N1CCCC(C(=O)N[C@H](CO)CC(C)C)C1. The number of amides is 1. The van der Waals surface area contributed by atoms with Crippen LogP contribution in [0.15, 0.2) is 0 Å². The topological polar surface area (TPSA) is 86.7 Å². The van der Waals surface area contributed by atoms with Gasteiger partial charge in [0.25, 0.3) is 0 Å². The lowest BCUT2D eigenvalue weighted by molar-refractivity contribution is -0.127. The van der Waals surface area contributed by atoms with E-state index in [0.717, 1.165) is 0 Å². The summed E-state index contributed by atoms with van der Waals surface area (Å²) < 4.78 is 25.2. The third kappa shape index (κ3) is 5.56. The fraction of sp³-hybridized carbons (Fsp3) is 0.929. The molecule has 1 saturated heterocycles. The summed E-state index contributed by atoms with van der Waals surface area (Å²) in [6.45, 7) is 6.34. The predicted octanol–water partition coefficient (Wildman–Crippen LogP) is 0.571. The first-order valence-corrected chi connectivity index (χ1v) is 9.30. The van der Waals surface area contributed by atoms with Crippen molar-refractivity contribution in [2.24, 2.45) is 11.8 Å². The van der Waals surface area contributed by atoms with Crippen LogP contribution < -0.4 is 5.32 Å². The van der Waals surface area contributed by atoms with Crippen molar-refractivity contribution in [1.82, 2.24) is 9.62 Å². The van der Waals surface area contributed by atoms with Crippen molar-refractivity contribution in [3.05, 3.63) is 0 Å². The van der Waals surface area contributed by atoms with Crippen molar-refractivity contribution < 1.29 is 18.3 Å². The second-order valence-electron chi connectivity index (χ2n) is 6.12. The number of carbonyl (C=O) groups is 1. The minimum absolute atomic E-state index is 0.0634. The van der Waals surface area contributed by atoms with E-state index in [0.29, 0.717) is 31.7 Å². The standard InChI is InChI=1S/C14H28N2O4S/c1-4-21(19,20)16-7-5-6-12(9-16)14(18)15-13(10-17)8-11(2)3/h11-13,17H,4-10H2,1-3H3,(H,15,18)/t12?,13-/m0/s1. The Morgan fingerprint density at radius 1 is 1.43 bits per heavy atom. The van der Waals surface area contributed by atoms with E-state index in [-0.39, 0.29) is 36.8 Å². The molecule has 2 N–H and O–H groups in total. The molecule has 6 nitrogen and oxygen atoms in total. The van der Waals surface area contributed by atoms with Crippen LogP contribution in [0.3, 0.4) is 0 Å². The number of sulfonamides is 1. The molecule has 0 aromatic carbocycles. The van der Waals surface area contributed by atoms with Crippen molar-refractivity contribution in [2.75, 3.05) is 25.4 Å². The molecule has 1 unspecified atom stereocenters. The van der Waals surface area contributed by atoms with Crippen LogP contribution in [0.25, 0.3) is 0 Å². The summed E-state index contributed by atoms with van der Waals surface area (Å²) in [5.41, 5.74) is 0. The lowest BCUT2D eigenvalue weighted by atomic mass is 9.97. The quantitative estimate of drug-likeness (QED) is 0.718. The van der Waals surface area contributed by atoms with E-state index in [2.05, 4.69) is 5.32 Å². The molecule has 1 heterocycles. The molecular formula is C14H28N2O4S. The summed E-state index contributed by atoms with van der Waals surface area (Å²) >= 11 is 0. The van der Waals surface area contributed by atoms with E-state index >= 15 is 0 Å². The van der Waals surface area contributed by atoms with E-state index in [1.54, 1.807) is 6.92 Å². The van der Waals surface area contributed by atoms with Gasteiger partial charge in [-0.2, -0.15) is 0 Å². The Hall–Kier alpha value is -0.660. The maximum Gasteiger partial charge on any atom is 0.224 e. The van der Waals surface area contributed by atoms with E-state index in [1.165, 1.54) is 4.31 Å². The molecule has 1 fully saturated rings. The van der Waals surface area contributed by atoms with Crippen LogP contribution >= 0.6 is 0 Å². The highest BCUT2D eigenvalue weighted by atomic mass is 32.2. The highest BCUT2D eigenvalue weighted by Crippen LogP contribution is 2.20. The van der Waals surface area contributed by atoms with Gasteiger partial charge in [-0.1, -0.05) is 13.8 Å². The van der Waals surface area contributed by atoms with Gasteiger partial charge in [0.2, 0.25) is 15.9 Å². The highest BCUT2D eigenvalue weighted by molar-refractivity contribution is 7.89. The number of carbonyl (C=O) groups excluding carboxylic acids is 1. The van der Waals surface area contributed by atoms with Crippen LogP contribution in [-0.2, 0) is 14.8 Å². The largest absolute Gasteiger partial charge is 0.394 e. The molecule has 0 radical (unpaired) electrons. The lowest BCUT2D eigenvalue weighted by Crippen LogP contribution is -2.48. The number of hydrogen-bond donors (Lipinski definition) is 2. The Balaban J connectivity index is 2.61. The molecule has 0 spiro atoms. The fourth-order valence-electron chi connectivity index (χ4n) is 2.66. The second kappa shape index (κ2) is 8.10. The maximum atomic E-state index is 12.3. The zero-order valence-corrected chi connectivity index (χ0v) is 14.0. The average Bonchev–Trinajstić information content (AvgIpc) is 2.46. The van der Waals surface area contributed by atoms with Crippen molar-refractivity contribution >= 4 is 15.9 Å². The molecule has 7 heteroatoms. The number of rotatable bonds is 7. The van der Waals surface area contributed by atoms with Crippen molar-refractivity contribution in [1.29, 1.82) is 0 Å². The summed E-state index contributed by atoms with van der Waals surface area (Å²) in [5.74, 6) is -0.0220. The van der Waals surface area contributed by atoms with Gasteiger partial charge >= 0.3 is 0 Å². The third-order valence-electron chi connectivity index (χ3n) is 3.84. The Labute approximate surface area is 128 Å². The smallest absolute Gasteiger partial charge is 0.224 e. The Bertz CT molecular complexity index is 436. The molecule has 0 aromatic heterocycles. The van der Waals surface area contributed by atoms with Crippen LogP contribution in [-0.4, -0.2) is 55.2 Å². The number of nitrogens with zero attached hydrogens (tertiary/aromatic N) is 1. The number of aliphatic hydroxyl groups excluding tert-OH is 1. The molecule has 0 bridgehead atoms. The van der Waals surface area contributed by atoms with Gasteiger partial charge in [-0.3, -0.25) is 4.79 Å². The van der Waals surface area contributed by atoms with E-state index < -0.39 is 10.0 Å². The second-order valence-corrected chi connectivity index (χ2v) is 8.37. The molecule has 0 saturated carbocycles. The van der Waals surface area contributed by atoms with E-state index in [9.17, 15) is 18.3 Å². The average molecular weight is 320 g/mol. The van der Waals surface area contributed by atoms with E-state index in [4.69, 9.17) is 0 Å². The third-order valence-corrected chi connectivity index (χ3v) is 5.68. The summed E-state index contributed by atoms with van der Waals surface area (Å²) in [7, 11) is -3.24. The molecule has 1 aliphatic rings.